The van der Waals surface area contributed by atoms with Gasteiger partial charge in [-0.1, -0.05) is 65.0 Å². The molecule has 0 fully saturated rings. The predicted molar refractivity (Wildman–Crippen MR) is 139 cm³/mol. The third-order valence-corrected chi connectivity index (χ3v) is 5.67. The number of nitrogens with zero attached hydrogens (tertiary/aromatic N) is 1. The van der Waals surface area contributed by atoms with Crippen molar-refractivity contribution >= 4 is 17.7 Å². The molecule has 0 aliphatic heterocycles. The fourth-order valence-corrected chi connectivity index (χ4v) is 3.76. The molecule has 9 nitrogen and oxygen atoms in total. The molecule has 0 saturated heterocycles. The van der Waals surface area contributed by atoms with Crippen LogP contribution in [0.3, 0.4) is 0 Å². The Labute approximate surface area is 213 Å². The van der Waals surface area contributed by atoms with Gasteiger partial charge in [0.2, 0.25) is 17.7 Å². The number of imidazole rings is 1. The molecule has 5 N–H and O–H groups in total. The molecular formula is C27H41N5O4. The highest BCUT2D eigenvalue weighted by Gasteiger charge is 2.30. The lowest BCUT2D eigenvalue weighted by Crippen LogP contribution is -2.56. The summed E-state index contributed by atoms with van der Waals surface area (Å²) in [4.78, 5) is 46.4. The first-order valence-corrected chi connectivity index (χ1v) is 12.5. The predicted octanol–water partition coefficient (Wildman–Crippen LogP) is 1.98. The maximum Gasteiger partial charge on any atom is 0.243 e. The highest BCUT2D eigenvalue weighted by Crippen LogP contribution is 2.13. The van der Waals surface area contributed by atoms with Gasteiger partial charge in [0.1, 0.15) is 12.1 Å². The topological polar surface area (TPSA) is 136 Å². The number of carbonyl (C=O) groups is 3. The molecule has 1 heterocycles. The number of aliphatic hydroxyl groups excluding tert-OH is 1. The van der Waals surface area contributed by atoms with Crippen LogP contribution in [0.25, 0.3) is 0 Å². The lowest BCUT2D eigenvalue weighted by molar-refractivity contribution is -0.134. The number of hydrogen-bond acceptors (Lipinski definition) is 5. The Balaban J connectivity index is 2.22. The van der Waals surface area contributed by atoms with Gasteiger partial charge in [-0.3, -0.25) is 14.4 Å². The standard InChI is InChI=1S/C27H41N5O4/c1-18(2)11-20(15-33)24(34)31-23(13-21-14-28-17-30-21)26(36)32-22(12-19-9-7-6-8-10-19)25(35)29-16-27(3,4)5/h6-10,14,17-18,20,22-23,33H,11-13,15-16H2,1-5H3,(H,28,30)(H,29,35)(H,31,34)(H,32,36)/t20-,22+,23+/m0/s1. The van der Waals surface area contributed by atoms with Crippen molar-refractivity contribution in [3.8, 4) is 0 Å². The van der Waals surface area contributed by atoms with Crippen molar-refractivity contribution in [1.29, 1.82) is 0 Å². The number of rotatable bonds is 13. The molecule has 1 aromatic carbocycles. The Bertz CT molecular complexity index is 954. The van der Waals surface area contributed by atoms with E-state index in [9.17, 15) is 19.5 Å². The van der Waals surface area contributed by atoms with Gasteiger partial charge in [-0.25, -0.2) is 4.98 Å². The molecule has 0 unspecified atom stereocenters. The Morgan fingerprint density at radius 1 is 0.972 bits per heavy atom. The Morgan fingerprint density at radius 2 is 1.61 bits per heavy atom. The van der Waals surface area contributed by atoms with E-state index >= 15 is 0 Å². The summed E-state index contributed by atoms with van der Waals surface area (Å²) < 4.78 is 0. The Morgan fingerprint density at radius 3 is 2.17 bits per heavy atom. The SMILES string of the molecule is CC(C)C[C@@H](CO)C(=O)N[C@H](Cc1cnc[nH]1)C(=O)N[C@H](Cc1ccccc1)C(=O)NCC(C)(C)C. The van der Waals surface area contributed by atoms with Crippen LogP contribution in [0.4, 0.5) is 0 Å². The molecule has 2 aromatic rings. The van der Waals surface area contributed by atoms with E-state index in [-0.39, 0.29) is 30.3 Å². The van der Waals surface area contributed by atoms with Crippen LogP contribution < -0.4 is 16.0 Å². The molecule has 0 aliphatic rings. The van der Waals surface area contributed by atoms with Crippen LogP contribution in [-0.2, 0) is 27.2 Å². The van der Waals surface area contributed by atoms with Crippen LogP contribution in [-0.4, -0.2) is 58.0 Å². The number of H-pyrrole nitrogens is 1. The lowest BCUT2D eigenvalue weighted by Gasteiger charge is -2.26. The number of aliphatic hydroxyl groups is 1. The van der Waals surface area contributed by atoms with Gasteiger partial charge in [-0.2, -0.15) is 0 Å². The number of amides is 3. The number of hydrogen-bond donors (Lipinski definition) is 5. The summed E-state index contributed by atoms with van der Waals surface area (Å²) in [5.41, 5.74) is 1.45. The third-order valence-electron chi connectivity index (χ3n) is 5.67. The van der Waals surface area contributed by atoms with Gasteiger partial charge in [0.25, 0.3) is 0 Å². The molecule has 3 atom stereocenters. The van der Waals surface area contributed by atoms with Crippen molar-refractivity contribution < 1.29 is 19.5 Å². The van der Waals surface area contributed by atoms with Crippen LogP contribution in [0.15, 0.2) is 42.9 Å². The molecule has 1 aromatic heterocycles. The zero-order valence-corrected chi connectivity index (χ0v) is 22.0. The zero-order valence-electron chi connectivity index (χ0n) is 22.0. The first-order chi connectivity index (χ1) is 17.0. The van der Waals surface area contributed by atoms with Gasteiger partial charge in [-0.05, 0) is 23.3 Å². The monoisotopic (exact) mass is 499 g/mol. The zero-order chi connectivity index (χ0) is 26.7. The van der Waals surface area contributed by atoms with Crippen molar-refractivity contribution in [2.75, 3.05) is 13.2 Å². The maximum atomic E-state index is 13.4. The van der Waals surface area contributed by atoms with E-state index in [1.807, 2.05) is 65.0 Å². The minimum Gasteiger partial charge on any atom is -0.396 e. The van der Waals surface area contributed by atoms with Crippen LogP contribution in [0.5, 0.6) is 0 Å². The summed E-state index contributed by atoms with van der Waals surface area (Å²) in [5.74, 6) is -1.60. The highest BCUT2D eigenvalue weighted by molar-refractivity contribution is 5.92. The van der Waals surface area contributed by atoms with E-state index in [1.165, 1.54) is 6.33 Å². The van der Waals surface area contributed by atoms with Crippen LogP contribution in [0.1, 0.15) is 52.3 Å². The fraction of sp³-hybridized carbons (Fsp3) is 0.556. The first kappa shape index (κ1) is 29.0. The lowest BCUT2D eigenvalue weighted by atomic mass is 9.96. The molecule has 0 saturated carbocycles. The van der Waals surface area contributed by atoms with Gasteiger partial charge in [0, 0.05) is 31.3 Å². The van der Waals surface area contributed by atoms with E-state index in [4.69, 9.17) is 0 Å². The molecule has 0 aliphatic carbocycles. The Kier molecular flexibility index (Phi) is 11.1. The summed E-state index contributed by atoms with van der Waals surface area (Å²) in [6.07, 6.45) is 4.05. The van der Waals surface area contributed by atoms with Crippen LogP contribution in [0.2, 0.25) is 0 Å². The minimum atomic E-state index is -0.951. The smallest absolute Gasteiger partial charge is 0.243 e. The largest absolute Gasteiger partial charge is 0.396 e. The molecule has 3 amide bonds. The van der Waals surface area contributed by atoms with Crippen molar-refractivity contribution in [1.82, 2.24) is 25.9 Å². The van der Waals surface area contributed by atoms with E-state index in [0.29, 0.717) is 25.1 Å². The quantitative estimate of drug-likeness (QED) is 0.287. The number of aromatic amines is 1. The maximum absolute atomic E-state index is 13.4. The summed E-state index contributed by atoms with van der Waals surface area (Å²) in [6.45, 7) is 10.1. The minimum absolute atomic E-state index is 0.121. The second-order valence-corrected chi connectivity index (χ2v) is 10.9. The number of aromatic nitrogens is 2. The molecule has 2 rings (SSSR count). The first-order valence-electron chi connectivity index (χ1n) is 12.5. The van der Waals surface area contributed by atoms with Gasteiger partial charge in [-0.15, -0.1) is 0 Å². The Hall–Kier alpha value is -3.20. The number of benzene rings is 1. The normalized spacial score (nSPS) is 14.1. The summed E-state index contributed by atoms with van der Waals surface area (Å²) in [7, 11) is 0. The summed E-state index contributed by atoms with van der Waals surface area (Å²) >= 11 is 0. The van der Waals surface area contributed by atoms with Crippen molar-refractivity contribution in [2.24, 2.45) is 17.3 Å². The van der Waals surface area contributed by atoms with E-state index in [1.54, 1.807) is 6.20 Å². The molecule has 36 heavy (non-hydrogen) atoms. The van der Waals surface area contributed by atoms with Crippen molar-refractivity contribution in [2.45, 2.75) is 66.0 Å². The molecule has 9 heteroatoms. The van der Waals surface area contributed by atoms with E-state index < -0.39 is 29.8 Å². The molecule has 0 spiro atoms. The van der Waals surface area contributed by atoms with E-state index in [0.717, 1.165) is 5.56 Å². The fourth-order valence-electron chi connectivity index (χ4n) is 3.76. The summed E-state index contributed by atoms with van der Waals surface area (Å²) in [5, 5.41) is 18.3. The average Bonchev–Trinajstić information content (AvgIpc) is 3.33. The molecule has 0 radical (unpaired) electrons. The van der Waals surface area contributed by atoms with Crippen LogP contribution in [0, 0.1) is 17.3 Å². The second kappa shape index (κ2) is 13.8. The van der Waals surface area contributed by atoms with Gasteiger partial charge in [0.05, 0.1) is 18.9 Å². The molecular weight excluding hydrogens is 458 g/mol. The molecule has 198 valence electrons. The highest BCUT2D eigenvalue weighted by atomic mass is 16.3. The average molecular weight is 500 g/mol. The van der Waals surface area contributed by atoms with Gasteiger partial charge in [0.15, 0.2) is 0 Å². The van der Waals surface area contributed by atoms with Crippen molar-refractivity contribution in [3.05, 3.63) is 54.1 Å². The number of nitrogens with one attached hydrogen (secondary N) is 4. The second-order valence-electron chi connectivity index (χ2n) is 10.9. The van der Waals surface area contributed by atoms with Gasteiger partial charge >= 0.3 is 0 Å². The number of carbonyl (C=O) groups excluding carboxylic acids is 3. The van der Waals surface area contributed by atoms with E-state index in [2.05, 4.69) is 25.9 Å². The van der Waals surface area contributed by atoms with Crippen molar-refractivity contribution in [3.63, 3.8) is 0 Å². The third kappa shape index (κ3) is 10.2. The summed E-state index contributed by atoms with van der Waals surface area (Å²) in [6, 6.07) is 7.68. The van der Waals surface area contributed by atoms with Crippen LogP contribution >= 0.6 is 0 Å². The van der Waals surface area contributed by atoms with Gasteiger partial charge < -0.3 is 26.0 Å². The molecule has 0 bridgehead atoms.